The zero-order valence-electron chi connectivity index (χ0n) is 16.7. The summed E-state index contributed by atoms with van der Waals surface area (Å²) in [5.74, 6) is 0.806. The minimum absolute atomic E-state index is 0.0739. The Morgan fingerprint density at radius 3 is 2.63 bits per heavy atom. The average Bonchev–Trinajstić information content (AvgIpc) is 3.26. The average molecular weight is 420 g/mol. The van der Waals surface area contributed by atoms with Gasteiger partial charge in [0.05, 0.1) is 35.2 Å². The summed E-state index contributed by atoms with van der Waals surface area (Å²) in [6, 6.07) is 18.6. The molecule has 0 fully saturated rings. The summed E-state index contributed by atoms with van der Waals surface area (Å²) < 4.78 is 6.91. The molecule has 152 valence electrons. The highest BCUT2D eigenvalue weighted by atomic mass is 32.2. The van der Waals surface area contributed by atoms with Gasteiger partial charge in [-0.1, -0.05) is 42.1 Å². The van der Waals surface area contributed by atoms with E-state index in [2.05, 4.69) is 0 Å². The highest BCUT2D eigenvalue weighted by Gasteiger charge is 2.17. The molecule has 1 amide bonds. The van der Waals surface area contributed by atoms with Gasteiger partial charge in [0.1, 0.15) is 5.76 Å². The summed E-state index contributed by atoms with van der Waals surface area (Å²) >= 11 is 1.26. The first-order valence-electron chi connectivity index (χ1n) is 9.51. The van der Waals surface area contributed by atoms with Crippen molar-refractivity contribution >= 4 is 28.6 Å². The molecule has 4 rings (SSSR count). The van der Waals surface area contributed by atoms with Crippen LogP contribution in [0, 0.1) is 6.92 Å². The van der Waals surface area contributed by atoms with Gasteiger partial charge in [-0.05, 0) is 42.8 Å². The zero-order chi connectivity index (χ0) is 21.1. The molecule has 0 atom stereocenters. The van der Waals surface area contributed by atoms with Gasteiger partial charge < -0.3 is 9.32 Å². The number of carbonyl (C=O) groups excluding carboxylic acids is 1. The maximum absolute atomic E-state index is 13.3. The van der Waals surface area contributed by atoms with Gasteiger partial charge in [-0.25, -0.2) is 4.98 Å². The summed E-state index contributed by atoms with van der Waals surface area (Å²) in [6.07, 6.45) is 1.59. The minimum Gasteiger partial charge on any atom is -0.467 e. The smallest absolute Gasteiger partial charge is 0.266 e. The number of thioether (sulfide) groups is 1. The van der Waals surface area contributed by atoms with Gasteiger partial charge in [-0.2, -0.15) is 0 Å². The molecule has 0 aliphatic heterocycles. The lowest BCUT2D eigenvalue weighted by molar-refractivity contribution is -0.127. The fourth-order valence-corrected chi connectivity index (χ4v) is 4.14. The first-order valence-corrected chi connectivity index (χ1v) is 10.5. The molecule has 7 heteroatoms. The lowest BCUT2D eigenvalue weighted by atomic mass is 10.2. The van der Waals surface area contributed by atoms with Crippen LogP contribution in [-0.4, -0.2) is 33.2 Å². The number of fused-ring (bicyclic) bond motifs is 1. The molecule has 0 spiro atoms. The largest absolute Gasteiger partial charge is 0.467 e. The number of carbonyl (C=O) groups is 1. The predicted molar refractivity (Wildman–Crippen MR) is 118 cm³/mol. The van der Waals surface area contributed by atoms with Crippen molar-refractivity contribution in [1.29, 1.82) is 0 Å². The zero-order valence-corrected chi connectivity index (χ0v) is 17.6. The summed E-state index contributed by atoms with van der Waals surface area (Å²) in [5.41, 5.74) is 2.19. The maximum Gasteiger partial charge on any atom is 0.266 e. The van der Waals surface area contributed by atoms with E-state index in [0.29, 0.717) is 22.6 Å². The van der Waals surface area contributed by atoms with Gasteiger partial charge in [-0.15, -0.1) is 0 Å². The quantitative estimate of drug-likeness (QED) is 0.349. The lowest BCUT2D eigenvalue weighted by Crippen LogP contribution is -2.28. The Morgan fingerprint density at radius 2 is 1.87 bits per heavy atom. The van der Waals surface area contributed by atoms with Crippen molar-refractivity contribution in [1.82, 2.24) is 14.5 Å². The maximum atomic E-state index is 13.3. The molecule has 0 aliphatic carbocycles. The molecule has 0 saturated carbocycles. The molecular weight excluding hydrogens is 398 g/mol. The Balaban J connectivity index is 1.67. The second-order valence-corrected chi connectivity index (χ2v) is 7.90. The fourth-order valence-electron chi connectivity index (χ4n) is 3.20. The predicted octanol–water partition coefficient (Wildman–Crippen LogP) is 4.04. The van der Waals surface area contributed by atoms with Gasteiger partial charge >= 0.3 is 0 Å². The number of benzene rings is 2. The number of para-hydroxylation sites is 2. The van der Waals surface area contributed by atoms with Crippen LogP contribution in [0.25, 0.3) is 16.6 Å². The van der Waals surface area contributed by atoms with Crippen molar-refractivity contribution in [3.63, 3.8) is 0 Å². The second-order valence-electron chi connectivity index (χ2n) is 6.96. The van der Waals surface area contributed by atoms with Gasteiger partial charge in [0.25, 0.3) is 5.56 Å². The van der Waals surface area contributed by atoms with Crippen molar-refractivity contribution < 1.29 is 9.21 Å². The minimum atomic E-state index is -0.145. The first kappa shape index (κ1) is 20.0. The highest BCUT2D eigenvalue weighted by molar-refractivity contribution is 7.99. The van der Waals surface area contributed by atoms with E-state index >= 15 is 0 Å². The third-order valence-corrected chi connectivity index (χ3v) is 5.75. The molecular formula is C23H21N3O3S. The van der Waals surface area contributed by atoms with Crippen LogP contribution in [0.1, 0.15) is 11.3 Å². The molecule has 2 aromatic heterocycles. The molecule has 2 heterocycles. The van der Waals surface area contributed by atoms with Crippen molar-refractivity contribution in [3.05, 3.63) is 88.6 Å². The summed E-state index contributed by atoms with van der Waals surface area (Å²) in [5, 5.41) is 1.04. The molecule has 0 aliphatic rings. The number of nitrogens with zero attached hydrogens (tertiary/aromatic N) is 3. The van der Waals surface area contributed by atoms with E-state index < -0.39 is 0 Å². The molecule has 0 unspecified atom stereocenters. The Hall–Kier alpha value is -3.32. The fraction of sp³-hybridized carbons (Fsp3) is 0.174. The molecule has 4 aromatic rings. The van der Waals surface area contributed by atoms with Gasteiger partial charge in [0.15, 0.2) is 5.16 Å². The van der Waals surface area contributed by atoms with Crippen molar-refractivity contribution in [2.45, 2.75) is 18.6 Å². The van der Waals surface area contributed by atoms with E-state index in [9.17, 15) is 9.59 Å². The van der Waals surface area contributed by atoms with E-state index in [1.807, 2.05) is 55.5 Å². The van der Waals surface area contributed by atoms with Crippen LogP contribution in [-0.2, 0) is 11.3 Å². The lowest BCUT2D eigenvalue weighted by Gasteiger charge is -2.17. The number of amides is 1. The Bertz CT molecular complexity index is 1250. The summed E-state index contributed by atoms with van der Waals surface area (Å²) in [4.78, 5) is 32.2. The number of furan rings is 1. The van der Waals surface area contributed by atoms with Gasteiger partial charge in [0, 0.05) is 7.05 Å². The van der Waals surface area contributed by atoms with Crippen LogP contribution < -0.4 is 5.56 Å². The Labute approximate surface area is 178 Å². The molecule has 6 nitrogen and oxygen atoms in total. The molecule has 0 N–H and O–H groups in total. The van der Waals surface area contributed by atoms with E-state index in [1.54, 1.807) is 34.9 Å². The number of hydrogen-bond acceptors (Lipinski definition) is 5. The summed E-state index contributed by atoms with van der Waals surface area (Å²) in [6.45, 7) is 2.34. The third-order valence-electron chi connectivity index (χ3n) is 4.82. The molecule has 0 bridgehead atoms. The van der Waals surface area contributed by atoms with E-state index in [-0.39, 0.29) is 17.2 Å². The second kappa shape index (κ2) is 8.59. The SMILES string of the molecule is Cc1ccccc1-n1c(SCC(=O)N(C)Cc2ccco2)nc2ccccc2c1=O. The Morgan fingerprint density at radius 1 is 1.10 bits per heavy atom. The molecule has 2 aromatic carbocycles. The number of aromatic nitrogens is 2. The Kier molecular flexibility index (Phi) is 5.72. The van der Waals surface area contributed by atoms with E-state index in [0.717, 1.165) is 17.0 Å². The van der Waals surface area contributed by atoms with E-state index in [4.69, 9.17) is 9.40 Å². The van der Waals surface area contributed by atoms with Crippen LogP contribution >= 0.6 is 11.8 Å². The van der Waals surface area contributed by atoms with Crippen LogP contribution in [0.15, 0.2) is 81.3 Å². The molecule has 30 heavy (non-hydrogen) atoms. The number of hydrogen-bond donors (Lipinski definition) is 0. The third kappa shape index (κ3) is 4.02. The van der Waals surface area contributed by atoms with Crippen LogP contribution in [0.2, 0.25) is 0 Å². The molecule has 0 radical (unpaired) electrons. The highest BCUT2D eigenvalue weighted by Crippen LogP contribution is 2.23. The van der Waals surface area contributed by atoms with Gasteiger partial charge in [0.2, 0.25) is 5.91 Å². The summed E-state index contributed by atoms with van der Waals surface area (Å²) in [7, 11) is 1.73. The van der Waals surface area contributed by atoms with Crippen LogP contribution in [0.5, 0.6) is 0 Å². The first-order chi connectivity index (χ1) is 14.5. The normalized spacial score (nSPS) is 11.0. The van der Waals surface area contributed by atoms with Crippen LogP contribution in [0.3, 0.4) is 0 Å². The monoisotopic (exact) mass is 419 g/mol. The molecule has 0 saturated heterocycles. The number of aryl methyl sites for hydroxylation is 1. The van der Waals surface area contributed by atoms with Crippen LogP contribution in [0.4, 0.5) is 0 Å². The van der Waals surface area contributed by atoms with E-state index in [1.165, 1.54) is 11.8 Å². The van der Waals surface area contributed by atoms with Crippen molar-refractivity contribution in [3.8, 4) is 5.69 Å². The van der Waals surface area contributed by atoms with Crippen molar-refractivity contribution in [2.24, 2.45) is 0 Å². The topological polar surface area (TPSA) is 68.3 Å². The van der Waals surface area contributed by atoms with Crippen molar-refractivity contribution in [2.75, 3.05) is 12.8 Å². The van der Waals surface area contributed by atoms with Gasteiger partial charge in [-0.3, -0.25) is 14.2 Å². The number of rotatable bonds is 6. The standard InChI is InChI=1S/C23H21N3O3S/c1-16-8-3-6-12-20(16)26-22(28)18-10-4-5-11-19(18)24-23(26)30-15-21(27)25(2)14-17-9-7-13-29-17/h3-13H,14-15H2,1-2H3.